The number of benzene rings is 1. The molecular weight excluding hydrogens is 273 g/mol. The summed E-state index contributed by atoms with van der Waals surface area (Å²) in [4.78, 5) is 11.3. The van der Waals surface area contributed by atoms with E-state index in [1.54, 1.807) is 0 Å². The molecule has 0 aromatic heterocycles. The molecular formula is C13H17F3N2O2. The summed E-state index contributed by atoms with van der Waals surface area (Å²) in [5.74, 6) is -0.138. The number of ether oxygens (including phenoxy) is 1. The first-order valence-corrected chi connectivity index (χ1v) is 6.10. The molecule has 20 heavy (non-hydrogen) atoms. The van der Waals surface area contributed by atoms with Gasteiger partial charge in [0.15, 0.2) is 0 Å². The summed E-state index contributed by atoms with van der Waals surface area (Å²) in [6.45, 7) is 1.23. The summed E-state index contributed by atoms with van der Waals surface area (Å²) in [5, 5.41) is 5.53. The lowest BCUT2D eigenvalue weighted by molar-refractivity contribution is -0.137. The number of halogens is 3. The Morgan fingerprint density at radius 1 is 1.20 bits per heavy atom. The van der Waals surface area contributed by atoms with Crippen LogP contribution in [0.4, 0.5) is 18.9 Å². The van der Waals surface area contributed by atoms with Gasteiger partial charge in [-0.3, -0.25) is 4.79 Å². The normalized spacial score (nSPS) is 11.2. The van der Waals surface area contributed by atoms with Crippen LogP contribution in [-0.2, 0) is 15.7 Å². The van der Waals surface area contributed by atoms with Gasteiger partial charge in [0, 0.05) is 32.3 Å². The average molecular weight is 290 g/mol. The first-order chi connectivity index (χ1) is 9.43. The molecule has 0 fully saturated rings. The standard InChI is InChI=1S/C13H17F3N2O2/c1-20-9-8-18-12(19)6-7-17-11-4-2-10(3-5-11)13(14,15)16/h2-5,17H,6-9H2,1H3,(H,18,19). The molecule has 0 spiro atoms. The van der Waals surface area contributed by atoms with Crippen LogP contribution >= 0.6 is 0 Å². The van der Waals surface area contributed by atoms with E-state index in [0.29, 0.717) is 25.4 Å². The zero-order chi connectivity index (χ0) is 15.0. The first-order valence-electron chi connectivity index (χ1n) is 6.10. The molecule has 0 heterocycles. The highest BCUT2D eigenvalue weighted by Gasteiger charge is 2.29. The van der Waals surface area contributed by atoms with Gasteiger partial charge in [-0.1, -0.05) is 0 Å². The predicted octanol–water partition coefficient (Wildman–Crippen LogP) is 2.27. The summed E-state index contributed by atoms with van der Waals surface area (Å²) in [5.41, 5.74) is -0.150. The number of alkyl halides is 3. The number of nitrogens with one attached hydrogen (secondary N) is 2. The van der Waals surface area contributed by atoms with Crippen molar-refractivity contribution in [3.63, 3.8) is 0 Å². The van der Waals surface area contributed by atoms with Gasteiger partial charge in [-0.25, -0.2) is 0 Å². The quantitative estimate of drug-likeness (QED) is 0.757. The lowest BCUT2D eigenvalue weighted by atomic mass is 10.2. The van der Waals surface area contributed by atoms with Crippen molar-refractivity contribution in [2.75, 3.05) is 32.1 Å². The Kier molecular flexibility index (Phi) is 6.30. The summed E-state index contributed by atoms with van der Waals surface area (Å²) in [7, 11) is 1.54. The van der Waals surface area contributed by atoms with E-state index in [1.165, 1.54) is 19.2 Å². The smallest absolute Gasteiger partial charge is 0.385 e. The fourth-order valence-corrected chi connectivity index (χ4v) is 1.48. The zero-order valence-corrected chi connectivity index (χ0v) is 11.1. The van der Waals surface area contributed by atoms with Crippen LogP contribution in [0.15, 0.2) is 24.3 Å². The van der Waals surface area contributed by atoms with Crippen molar-refractivity contribution in [3.8, 4) is 0 Å². The second-order valence-electron chi connectivity index (χ2n) is 4.09. The van der Waals surface area contributed by atoms with Gasteiger partial charge in [-0.15, -0.1) is 0 Å². The molecule has 1 amide bonds. The van der Waals surface area contributed by atoms with Gasteiger partial charge in [-0.05, 0) is 24.3 Å². The van der Waals surface area contributed by atoms with Crippen molar-refractivity contribution < 1.29 is 22.7 Å². The molecule has 0 unspecified atom stereocenters. The monoisotopic (exact) mass is 290 g/mol. The van der Waals surface area contributed by atoms with E-state index in [1.807, 2.05) is 0 Å². The van der Waals surface area contributed by atoms with Crippen LogP contribution in [-0.4, -0.2) is 32.7 Å². The minimum atomic E-state index is -4.33. The fourth-order valence-electron chi connectivity index (χ4n) is 1.48. The van der Waals surface area contributed by atoms with Gasteiger partial charge in [-0.2, -0.15) is 13.2 Å². The van der Waals surface area contributed by atoms with Crippen molar-refractivity contribution in [1.82, 2.24) is 5.32 Å². The number of hydrogen-bond donors (Lipinski definition) is 2. The summed E-state index contributed by atoms with van der Waals surface area (Å²) < 4.78 is 41.8. The van der Waals surface area contributed by atoms with Gasteiger partial charge in [0.2, 0.25) is 5.91 Å². The highest BCUT2D eigenvalue weighted by molar-refractivity contribution is 5.76. The van der Waals surface area contributed by atoms with Crippen molar-refractivity contribution >= 4 is 11.6 Å². The number of rotatable bonds is 7. The van der Waals surface area contributed by atoms with E-state index >= 15 is 0 Å². The number of carbonyl (C=O) groups is 1. The maximum atomic E-state index is 12.3. The molecule has 0 saturated heterocycles. The van der Waals surface area contributed by atoms with Gasteiger partial charge in [0.05, 0.1) is 12.2 Å². The molecule has 1 aromatic carbocycles. The van der Waals surface area contributed by atoms with Crippen molar-refractivity contribution in [2.24, 2.45) is 0 Å². The molecule has 1 aromatic rings. The molecule has 112 valence electrons. The van der Waals surface area contributed by atoms with Gasteiger partial charge in [0.1, 0.15) is 0 Å². The Bertz CT molecular complexity index is 419. The summed E-state index contributed by atoms with van der Waals surface area (Å²) in [6, 6.07) is 4.68. The Morgan fingerprint density at radius 2 is 1.85 bits per heavy atom. The zero-order valence-electron chi connectivity index (χ0n) is 11.1. The lowest BCUT2D eigenvalue weighted by Crippen LogP contribution is -2.28. The van der Waals surface area contributed by atoms with E-state index in [4.69, 9.17) is 4.74 Å². The van der Waals surface area contributed by atoms with Crippen LogP contribution in [0.2, 0.25) is 0 Å². The fraction of sp³-hybridized carbons (Fsp3) is 0.462. The molecule has 0 aliphatic carbocycles. The molecule has 0 radical (unpaired) electrons. The number of amides is 1. The highest BCUT2D eigenvalue weighted by atomic mass is 19.4. The Balaban J connectivity index is 2.30. The van der Waals surface area contributed by atoms with Gasteiger partial charge >= 0.3 is 6.18 Å². The number of hydrogen-bond acceptors (Lipinski definition) is 3. The van der Waals surface area contributed by atoms with Crippen molar-refractivity contribution in [2.45, 2.75) is 12.6 Å². The SMILES string of the molecule is COCCNC(=O)CCNc1ccc(C(F)(F)F)cc1. The number of anilines is 1. The van der Waals surface area contributed by atoms with Crippen LogP contribution in [0, 0.1) is 0 Å². The molecule has 0 aliphatic rings. The third kappa shape index (κ3) is 5.92. The van der Waals surface area contributed by atoms with Crippen LogP contribution in [0.25, 0.3) is 0 Å². The minimum Gasteiger partial charge on any atom is -0.385 e. The first kappa shape index (κ1) is 16.3. The van der Waals surface area contributed by atoms with E-state index in [9.17, 15) is 18.0 Å². The maximum absolute atomic E-state index is 12.3. The third-order valence-corrected chi connectivity index (χ3v) is 2.52. The molecule has 0 bridgehead atoms. The predicted molar refractivity (Wildman–Crippen MR) is 69.4 cm³/mol. The molecule has 0 aliphatic heterocycles. The molecule has 0 atom stereocenters. The van der Waals surface area contributed by atoms with E-state index in [-0.39, 0.29) is 12.3 Å². The Labute approximate surface area is 115 Å². The molecule has 2 N–H and O–H groups in total. The molecule has 0 saturated carbocycles. The Hall–Kier alpha value is -1.76. The van der Waals surface area contributed by atoms with Crippen molar-refractivity contribution in [1.29, 1.82) is 0 Å². The van der Waals surface area contributed by atoms with E-state index in [2.05, 4.69) is 10.6 Å². The minimum absolute atomic E-state index is 0.138. The van der Waals surface area contributed by atoms with Crippen LogP contribution < -0.4 is 10.6 Å². The Morgan fingerprint density at radius 3 is 2.40 bits per heavy atom. The second-order valence-corrected chi connectivity index (χ2v) is 4.09. The molecule has 4 nitrogen and oxygen atoms in total. The highest BCUT2D eigenvalue weighted by Crippen LogP contribution is 2.29. The molecule has 7 heteroatoms. The largest absolute Gasteiger partial charge is 0.416 e. The second kappa shape index (κ2) is 7.74. The van der Waals surface area contributed by atoms with Crippen molar-refractivity contribution in [3.05, 3.63) is 29.8 Å². The number of carbonyl (C=O) groups excluding carboxylic acids is 1. The summed E-state index contributed by atoms with van der Waals surface area (Å²) >= 11 is 0. The maximum Gasteiger partial charge on any atom is 0.416 e. The topological polar surface area (TPSA) is 50.4 Å². The average Bonchev–Trinajstić information content (AvgIpc) is 2.38. The van der Waals surface area contributed by atoms with Gasteiger partial charge in [0.25, 0.3) is 0 Å². The van der Waals surface area contributed by atoms with Gasteiger partial charge < -0.3 is 15.4 Å². The third-order valence-electron chi connectivity index (χ3n) is 2.52. The summed E-state index contributed by atoms with van der Waals surface area (Å²) in [6.07, 6.45) is -4.09. The van der Waals surface area contributed by atoms with Crippen LogP contribution in [0.3, 0.4) is 0 Å². The van der Waals surface area contributed by atoms with Crippen LogP contribution in [0.5, 0.6) is 0 Å². The van der Waals surface area contributed by atoms with Crippen LogP contribution in [0.1, 0.15) is 12.0 Å². The van der Waals surface area contributed by atoms with E-state index < -0.39 is 11.7 Å². The lowest BCUT2D eigenvalue weighted by Gasteiger charge is -2.09. The number of methoxy groups -OCH3 is 1. The molecule has 1 rings (SSSR count). The van der Waals surface area contributed by atoms with E-state index in [0.717, 1.165) is 12.1 Å².